The average Bonchev–Trinajstić information content (AvgIpc) is 3.32. The number of H-pyrrole nitrogens is 1. The molecule has 2 N–H and O–H groups in total. The Bertz CT molecular complexity index is 716. The summed E-state index contributed by atoms with van der Waals surface area (Å²) in [5, 5.41) is 3.39. The molecule has 1 saturated carbocycles. The first-order valence-electron chi connectivity index (χ1n) is 8.83. The fourth-order valence-electron chi connectivity index (χ4n) is 3.93. The molecule has 0 saturated heterocycles. The summed E-state index contributed by atoms with van der Waals surface area (Å²) in [7, 11) is 0. The summed E-state index contributed by atoms with van der Waals surface area (Å²) < 4.78 is 0. The minimum Gasteiger partial charge on any atom is -0.348 e. The van der Waals surface area contributed by atoms with E-state index in [1.807, 2.05) is 0 Å². The van der Waals surface area contributed by atoms with Crippen LogP contribution in [0.15, 0.2) is 18.5 Å². The molecule has 4 rings (SSSR count). The molecule has 2 aliphatic rings. The molecular weight excluding hydrogens is 320 g/mol. The number of imidazole rings is 1. The molecule has 24 heavy (non-hydrogen) atoms. The van der Waals surface area contributed by atoms with Crippen molar-refractivity contribution in [2.45, 2.75) is 57.7 Å². The van der Waals surface area contributed by atoms with Crippen LogP contribution in [0.5, 0.6) is 0 Å². The summed E-state index contributed by atoms with van der Waals surface area (Å²) in [5.41, 5.74) is 1.99. The van der Waals surface area contributed by atoms with Crippen LogP contribution < -0.4 is 5.32 Å². The van der Waals surface area contributed by atoms with Crippen LogP contribution >= 0.6 is 11.3 Å². The quantitative estimate of drug-likeness (QED) is 0.896. The van der Waals surface area contributed by atoms with E-state index in [9.17, 15) is 4.79 Å². The van der Waals surface area contributed by atoms with E-state index in [1.165, 1.54) is 22.6 Å². The van der Waals surface area contributed by atoms with Gasteiger partial charge < -0.3 is 15.2 Å². The zero-order chi connectivity index (χ0) is 16.5. The number of hydrogen-bond donors (Lipinski definition) is 2. The van der Waals surface area contributed by atoms with E-state index in [4.69, 9.17) is 0 Å². The summed E-state index contributed by atoms with van der Waals surface area (Å²) in [5.74, 6) is 0.181. The summed E-state index contributed by atoms with van der Waals surface area (Å²) >= 11 is 1.79. The molecule has 0 unspecified atom stereocenters. The van der Waals surface area contributed by atoms with E-state index < -0.39 is 0 Å². The van der Waals surface area contributed by atoms with E-state index in [1.54, 1.807) is 17.7 Å². The number of nitrogens with zero attached hydrogens (tertiary/aromatic N) is 2. The zero-order valence-corrected chi connectivity index (χ0v) is 14.9. The molecule has 1 aliphatic carbocycles. The Labute approximate surface area is 146 Å². The highest BCUT2D eigenvalue weighted by molar-refractivity contribution is 7.11. The third-order valence-electron chi connectivity index (χ3n) is 5.17. The van der Waals surface area contributed by atoms with Gasteiger partial charge in [-0.1, -0.05) is 12.8 Å². The number of hydrogen-bond acceptors (Lipinski definition) is 4. The highest BCUT2D eigenvalue weighted by atomic mass is 32.1. The summed E-state index contributed by atoms with van der Waals surface area (Å²) in [6.07, 6.45) is 7.31. The smallest absolute Gasteiger partial charge is 0.246 e. The molecule has 2 aromatic heterocycles. The summed E-state index contributed by atoms with van der Waals surface area (Å²) in [6.45, 7) is 3.66. The van der Waals surface area contributed by atoms with Crippen LogP contribution in [-0.2, 0) is 17.8 Å². The predicted octanol–water partition coefficient (Wildman–Crippen LogP) is 2.94. The molecule has 2 aromatic rings. The standard InChI is InChI=1S/C18H24N4OS/c1-12-6-7-14(24-12)10-22(13-4-2-3-5-13)18(23)17-16-15(8-9-19-17)20-11-21-16/h6-7,11,13,17,19H,2-5,8-10H2,1H3,(H,20,21)/t17-/m1/s1. The molecule has 128 valence electrons. The van der Waals surface area contributed by atoms with Crippen LogP contribution in [0.4, 0.5) is 0 Å². The second-order valence-electron chi connectivity index (χ2n) is 6.82. The highest BCUT2D eigenvalue weighted by Crippen LogP contribution is 2.30. The van der Waals surface area contributed by atoms with E-state index in [0.29, 0.717) is 6.04 Å². The van der Waals surface area contributed by atoms with E-state index in [0.717, 1.165) is 43.7 Å². The second kappa shape index (κ2) is 6.69. The lowest BCUT2D eigenvalue weighted by Gasteiger charge is -2.33. The maximum absolute atomic E-state index is 13.4. The number of rotatable bonds is 4. The number of aromatic amines is 1. The van der Waals surface area contributed by atoms with Crippen molar-refractivity contribution in [3.63, 3.8) is 0 Å². The molecule has 0 radical (unpaired) electrons. The molecule has 0 bridgehead atoms. The SMILES string of the molecule is Cc1ccc(CN(C(=O)[C@@H]2NCCc3[nH]cnc32)C2CCCC2)s1. The van der Waals surface area contributed by atoms with E-state index in [-0.39, 0.29) is 11.9 Å². The van der Waals surface area contributed by atoms with Crippen molar-refractivity contribution >= 4 is 17.2 Å². The van der Waals surface area contributed by atoms with Gasteiger partial charge in [0.25, 0.3) is 0 Å². The fraction of sp³-hybridized carbons (Fsp3) is 0.556. The Morgan fingerprint density at radius 2 is 2.21 bits per heavy atom. The lowest BCUT2D eigenvalue weighted by atomic mass is 10.0. The minimum absolute atomic E-state index is 0.181. The van der Waals surface area contributed by atoms with Crippen molar-refractivity contribution in [2.75, 3.05) is 6.54 Å². The Morgan fingerprint density at radius 3 is 2.96 bits per heavy atom. The van der Waals surface area contributed by atoms with Crippen molar-refractivity contribution in [1.82, 2.24) is 20.2 Å². The molecule has 6 heteroatoms. The van der Waals surface area contributed by atoms with Gasteiger partial charge in [0.1, 0.15) is 6.04 Å². The molecular formula is C18H24N4OS. The first kappa shape index (κ1) is 15.8. The maximum atomic E-state index is 13.4. The van der Waals surface area contributed by atoms with Gasteiger partial charge in [0.2, 0.25) is 5.91 Å². The zero-order valence-electron chi connectivity index (χ0n) is 14.0. The van der Waals surface area contributed by atoms with Crippen LogP contribution in [0.1, 0.15) is 52.9 Å². The van der Waals surface area contributed by atoms with Gasteiger partial charge in [0.05, 0.1) is 18.6 Å². The van der Waals surface area contributed by atoms with Crippen LogP contribution in [0.3, 0.4) is 0 Å². The second-order valence-corrected chi connectivity index (χ2v) is 8.19. The van der Waals surface area contributed by atoms with E-state index in [2.05, 4.69) is 39.2 Å². The number of aromatic nitrogens is 2. The predicted molar refractivity (Wildman–Crippen MR) is 94.9 cm³/mol. The van der Waals surface area contributed by atoms with Crippen LogP contribution in [-0.4, -0.2) is 33.4 Å². The average molecular weight is 344 g/mol. The maximum Gasteiger partial charge on any atom is 0.246 e. The molecule has 1 amide bonds. The van der Waals surface area contributed by atoms with Gasteiger partial charge in [-0.25, -0.2) is 4.98 Å². The Balaban J connectivity index is 1.60. The van der Waals surface area contributed by atoms with Crippen LogP contribution in [0.25, 0.3) is 0 Å². The minimum atomic E-state index is -0.304. The molecule has 0 spiro atoms. The Morgan fingerprint density at radius 1 is 1.38 bits per heavy atom. The summed E-state index contributed by atoms with van der Waals surface area (Å²) in [4.78, 5) is 25.7. The molecule has 0 aromatic carbocycles. The normalized spacial score (nSPS) is 21.0. The molecule has 5 nitrogen and oxygen atoms in total. The van der Waals surface area contributed by atoms with Crippen molar-refractivity contribution < 1.29 is 4.79 Å². The van der Waals surface area contributed by atoms with Gasteiger partial charge in [-0.2, -0.15) is 0 Å². The molecule has 3 heterocycles. The van der Waals surface area contributed by atoms with Crippen LogP contribution in [0, 0.1) is 6.92 Å². The third-order valence-corrected chi connectivity index (χ3v) is 6.15. The van der Waals surface area contributed by atoms with Gasteiger partial charge in [-0.3, -0.25) is 4.79 Å². The monoisotopic (exact) mass is 344 g/mol. The number of aryl methyl sites for hydroxylation is 1. The number of carbonyl (C=O) groups excluding carboxylic acids is 1. The number of amides is 1. The van der Waals surface area contributed by atoms with E-state index >= 15 is 0 Å². The topological polar surface area (TPSA) is 61.0 Å². The van der Waals surface area contributed by atoms with Crippen molar-refractivity contribution in [2.24, 2.45) is 0 Å². The van der Waals surface area contributed by atoms with Gasteiger partial charge in [0.15, 0.2) is 0 Å². The fourth-order valence-corrected chi connectivity index (χ4v) is 4.82. The van der Waals surface area contributed by atoms with Gasteiger partial charge in [-0.05, 0) is 31.9 Å². The Hall–Kier alpha value is -1.66. The first-order chi connectivity index (χ1) is 11.7. The highest BCUT2D eigenvalue weighted by Gasteiger charge is 2.35. The molecule has 1 aliphatic heterocycles. The number of fused-ring (bicyclic) bond motifs is 1. The molecule has 1 atom stereocenters. The first-order valence-corrected chi connectivity index (χ1v) is 9.65. The van der Waals surface area contributed by atoms with Gasteiger partial charge in [-0.15, -0.1) is 11.3 Å². The van der Waals surface area contributed by atoms with Gasteiger partial charge >= 0.3 is 0 Å². The van der Waals surface area contributed by atoms with Crippen molar-refractivity contribution in [3.8, 4) is 0 Å². The Kier molecular flexibility index (Phi) is 4.41. The van der Waals surface area contributed by atoms with Crippen molar-refractivity contribution in [1.29, 1.82) is 0 Å². The molecule has 1 fully saturated rings. The lowest BCUT2D eigenvalue weighted by Crippen LogP contribution is -2.47. The largest absolute Gasteiger partial charge is 0.348 e. The van der Waals surface area contributed by atoms with Gasteiger partial charge in [0, 0.05) is 34.5 Å². The number of thiophene rings is 1. The lowest BCUT2D eigenvalue weighted by molar-refractivity contribution is -0.136. The van der Waals surface area contributed by atoms with Crippen molar-refractivity contribution in [3.05, 3.63) is 39.6 Å². The summed E-state index contributed by atoms with van der Waals surface area (Å²) in [6, 6.07) is 4.36. The third kappa shape index (κ3) is 3.00. The van der Waals surface area contributed by atoms with Crippen LogP contribution in [0.2, 0.25) is 0 Å². The number of carbonyl (C=O) groups is 1. The number of nitrogens with one attached hydrogen (secondary N) is 2.